The largest absolute Gasteiger partial charge is 0.207 e. The molecule has 1 atom stereocenters. The van der Waals surface area contributed by atoms with Crippen LogP contribution in [0.1, 0.15) is 27.1 Å². The van der Waals surface area contributed by atoms with Gasteiger partial charge in [0.15, 0.2) is 0 Å². The van der Waals surface area contributed by atoms with Crippen molar-refractivity contribution in [1.29, 1.82) is 0 Å². The van der Waals surface area contributed by atoms with Crippen molar-refractivity contribution in [2.24, 2.45) is 0 Å². The van der Waals surface area contributed by atoms with Crippen LogP contribution in [-0.4, -0.2) is 0 Å². The summed E-state index contributed by atoms with van der Waals surface area (Å²) in [6.07, 6.45) is 0.677. The lowest BCUT2D eigenvalue weighted by molar-refractivity contribution is 0.571. The van der Waals surface area contributed by atoms with E-state index in [0.29, 0.717) is 12.0 Å². The molecule has 0 aliphatic heterocycles. The van der Waals surface area contributed by atoms with Crippen LogP contribution in [0.2, 0.25) is 0 Å². The Morgan fingerprint density at radius 2 is 1.79 bits per heavy atom. The normalized spacial score (nSPS) is 12.5. The van der Waals surface area contributed by atoms with Crippen molar-refractivity contribution >= 4 is 15.9 Å². The van der Waals surface area contributed by atoms with Crippen LogP contribution in [0, 0.1) is 25.5 Å². The molecule has 0 N–H and O–H groups in total. The molecule has 0 aliphatic rings. The van der Waals surface area contributed by atoms with Gasteiger partial charge in [0, 0.05) is 16.5 Å². The average Bonchev–Trinajstić information content (AvgIpc) is 2.33. The van der Waals surface area contributed by atoms with Gasteiger partial charge in [-0.05, 0) is 37.5 Å². The summed E-state index contributed by atoms with van der Waals surface area (Å²) in [6, 6.07) is 9.93. The summed E-state index contributed by atoms with van der Waals surface area (Å²) in [5.41, 5.74) is 4.02. The van der Waals surface area contributed by atoms with Crippen LogP contribution in [-0.2, 0) is 6.42 Å². The second-order valence-corrected chi connectivity index (χ2v) is 5.87. The molecule has 0 amide bonds. The molecule has 19 heavy (non-hydrogen) atoms. The lowest BCUT2D eigenvalue weighted by atomic mass is 9.98. The van der Waals surface area contributed by atoms with Gasteiger partial charge in [-0.15, -0.1) is 0 Å². The van der Waals surface area contributed by atoms with Crippen LogP contribution in [0.15, 0.2) is 36.4 Å². The molecule has 2 rings (SSSR count). The molecule has 3 heteroatoms. The van der Waals surface area contributed by atoms with Gasteiger partial charge in [-0.1, -0.05) is 45.8 Å². The lowest BCUT2D eigenvalue weighted by Gasteiger charge is -2.14. The van der Waals surface area contributed by atoms with Crippen molar-refractivity contribution in [3.8, 4) is 0 Å². The number of rotatable bonds is 3. The first kappa shape index (κ1) is 14.2. The number of halogens is 3. The van der Waals surface area contributed by atoms with E-state index < -0.39 is 11.6 Å². The third kappa shape index (κ3) is 3.41. The summed E-state index contributed by atoms with van der Waals surface area (Å²) in [7, 11) is 0. The standard InChI is InChI=1S/C16H15BrF2/c1-10-3-4-11(2)12(7-10)8-15(17)14-6-5-13(18)9-16(14)19/h3-7,9,15H,8H2,1-2H3. The lowest BCUT2D eigenvalue weighted by Crippen LogP contribution is -2.01. The fraction of sp³-hybridized carbons (Fsp3) is 0.250. The minimum Gasteiger partial charge on any atom is -0.207 e. The molecule has 2 aromatic carbocycles. The Balaban J connectivity index is 2.25. The highest BCUT2D eigenvalue weighted by atomic mass is 79.9. The number of alkyl halides is 1. The Labute approximate surface area is 120 Å². The smallest absolute Gasteiger partial charge is 0.130 e. The topological polar surface area (TPSA) is 0 Å². The van der Waals surface area contributed by atoms with Gasteiger partial charge in [-0.3, -0.25) is 0 Å². The second-order valence-electron chi connectivity index (χ2n) is 4.77. The summed E-state index contributed by atoms with van der Waals surface area (Å²) in [6.45, 7) is 4.07. The third-order valence-corrected chi connectivity index (χ3v) is 4.02. The molecule has 100 valence electrons. The predicted molar refractivity (Wildman–Crippen MR) is 77.6 cm³/mol. The van der Waals surface area contributed by atoms with Crippen LogP contribution < -0.4 is 0 Å². The van der Waals surface area contributed by atoms with Crippen LogP contribution in [0.5, 0.6) is 0 Å². The van der Waals surface area contributed by atoms with Crippen molar-refractivity contribution in [1.82, 2.24) is 0 Å². The molecule has 0 fully saturated rings. The van der Waals surface area contributed by atoms with E-state index >= 15 is 0 Å². The molecule has 0 spiro atoms. The summed E-state index contributed by atoms with van der Waals surface area (Å²) in [5.74, 6) is -1.06. The highest BCUT2D eigenvalue weighted by Gasteiger charge is 2.15. The number of benzene rings is 2. The highest BCUT2D eigenvalue weighted by molar-refractivity contribution is 9.09. The summed E-state index contributed by atoms with van der Waals surface area (Å²) in [5, 5.41) is 0. The van der Waals surface area contributed by atoms with Crippen molar-refractivity contribution < 1.29 is 8.78 Å². The van der Waals surface area contributed by atoms with Gasteiger partial charge in [0.25, 0.3) is 0 Å². The number of hydrogen-bond acceptors (Lipinski definition) is 0. The molecular formula is C16H15BrF2. The zero-order valence-corrected chi connectivity index (χ0v) is 12.5. The van der Waals surface area contributed by atoms with E-state index in [9.17, 15) is 8.78 Å². The van der Waals surface area contributed by atoms with Gasteiger partial charge in [0.2, 0.25) is 0 Å². The van der Waals surface area contributed by atoms with E-state index in [0.717, 1.165) is 6.07 Å². The van der Waals surface area contributed by atoms with E-state index in [1.54, 1.807) is 0 Å². The maximum Gasteiger partial charge on any atom is 0.130 e. The zero-order valence-electron chi connectivity index (χ0n) is 10.9. The van der Waals surface area contributed by atoms with Crippen molar-refractivity contribution in [3.05, 3.63) is 70.3 Å². The number of aryl methyl sites for hydroxylation is 2. The summed E-state index contributed by atoms with van der Waals surface area (Å²) >= 11 is 3.49. The first-order valence-corrected chi connectivity index (χ1v) is 7.04. The van der Waals surface area contributed by atoms with Gasteiger partial charge in [-0.25, -0.2) is 8.78 Å². The van der Waals surface area contributed by atoms with E-state index in [-0.39, 0.29) is 4.83 Å². The minimum absolute atomic E-state index is 0.159. The monoisotopic (exact) mass is 324 g/mol. The van der Waals surface area contributed by atoms with Crippen molar-refractivity contribution in [3.63, 3.8) is 0 Å². The summed E-state index contributed by atoms with van der Waals surface area (Å²) < 4.78 is 26.6. The number of hydrogen-bond donors (Lipinski definition) is 0. The third-order valence-electron chi connectivity index (χ3n) is 3.20. The van der Waals surface area contributed by atoms with Gasteiger partial charge < -0.3 is 0 Å². The molecule has 0 saturated carbocycles. The van der Waals surface area contributed by atoms with Gasteiger partial charge in [0.05, 0.1) is 0 Å². The van der Waals surface area contributed by atoms with Gasteiger partial charge in [0.1, 0.15) is 11.6 Å². The van der Waals surface area contributed by atoms with E-state index in [2.05, 4.69) is 34.1 Å². The van der Waals surface area contributed by atoms with Crippen LogP contribution in [0.4, 0.5) is 8.78 Å². The van der Waals surface area contributed by atoms with Crippen LogP contribution in [0.25, 0.3) is 0 Å². The predicted octanol–water partition coefficient (Wildman–Crippen LogP) is 5.26. The van der Waals surface area contributed by atoms with Crippen molar-refractivity contribution in [2.75, 3.05) is 0 Å². The Bertz CT molecular complexity index is 593. The average molecular weight is 325 g/mol. The SMILES string of the molecule is Cc1ccc(C)c(CC(Br)c2ccc(F)cc2F)c1. The molecular weight excluding hydrogens is 310 g/mol. The van der Waals surface area contributed by atoms with Crippen molar-refractivity contribution in [2.45, 2.75) is 25.1 Å². The van der Waals surface area contributed by atoms with Gasteiger partial charge in [-0.2, -0.15) is 0 Å². The summed E-state index contributed by atoms with van der Waals surface area (Å²) in [4.78, 5) is -0.159. The zero-order chi connectivity index (χ0) is 14.0. The molecule has 0 aliphatic carbocycles. The fourth-order valence-corrected chi connectivity index (χ4v) is 2.80. The van der Waals surface area contributed by atoms with E-state index in [1.165, 1.54) is 28.8 Å². The quantitative estimate of drug-likeness (QED) is 0.675. The first-order chi connectivity index (χ1) is 8.97. The van der Waals surface area contributed by atoms with E-state index in [4.69, 9.17) is 0 Å². The van der Waals surface area contributed by atoms with Gasteiger partial charge >= 0.3 is 0 Å². The Kier molecular flexibility index (Phi) is 4.35. The fourth-order valence-electron chi connectivity index (χ4n) is 2.08. The minimum atomic E-state index is -0.548. The Morgan fingerprint density at radius 3 is 2.47 bits per heavy atom. The van der Waals surface area contributed by atoms with E-state index in [1.807, 2.05) is 13.8 Å². The van der Waals surface area contributed by atoms with Crippen LogP contribution >= 0.6 is 15.9 Å². The molecule has 0 heterocycles. The molecule has 2 aromatic rings. The molecule has 1 unspecified atom stereocenters. The molecule has 0 radical (unpaired) electrons. The van der Waals surface area contributed by atoms with Crippen LogP contribution in [0.3, 0.4) is 0 Å². The molecule has 0 aromatic heterocycles. The molecule has 0 bridgehead atoms. The highest BCUT2D eigenvalue weighted by Crippen LogP contribution is 2.30. The second kappa shape index (κ2) is 5.83. The maximum absolute atomic E-state index is 13.7. The Morgan fingerprint density at radius 1 is 1.05 bits per heavy atom. The first-order valence-electron chi connectivity index (χ1n) is 6.12. The Hall–Kier alpha value is -1.22. The molecule has 0 saturated heterocycles. The molecule has 0 nitrogen and oxygen atoms in total. The maximum atomic E-state index is 13.7.